The third kappa shape index (κ3) is 3.16. The van der Waals surface area contributed by atoms with E-state index in [0.29, 0.717) is 0 Å². The molecule has 0 aliphatic heterocycles. The van der Waals surface area contributed by atoms with Gasteiger partial charge in [-0.25, -0.2) is 4.39 Å². The molecule has 1 aromatic carbocycles. The maximum Gasteiger partial charge on any atom is 0.166 e. The first-order valence-corrected chi connectivity index (χ1v) is 7.24. The molecule has 1 aromatic heterocycles. The van der Waals surface area contributed by atoms with Crippen LogP contribution in [0.15, 0.2) is 35.0 Å². The van der Waals surface area contributed by atoms with Crippen molar-refractivity contribution in [2.45, 2.75) is 25.5 Å². The number of rotatable bonds is 5. The monoisotopic (exact) mass is 290 g/mol. The predicted octanol–water partition coefficient (Wildman–Crippen LogP) is 3.62. The molecule has 0 fully saturated rings. The molecule has 1 heterocycles. The fourth-order valence-corrected chi connectivity index (χ4v) is 2.54. The zero-order chi connectivity index (χ0) is 14.5. The van der Waals surface area contributed by atoms with Crippen LogP contribution in [-0.2, 0) is 0 Å². The van der Waals surface area contributed by atoms with Gasteiger partial charge >= 0.3 is 0 Å². The third-order valence-electron chi connectivity index (χ3n) is 3.05. The highest BCUT2D eigenvalue weighted by molar-refractivity contribution is 7.07. The molecule has 20 heavy (non-hydrogen) atoms. The predicted molar refractivity (Wildman–Crippen MR) is 77.1 cm³/mol. The minimum atomic E-state index is -0.549. The molecule has 2 atom stereocenters. The Morgan fingerprint density at radius 1 is 1.45 bits per heavy atom. The van der Waals surface area contributed by atoms with Crippen molar-refractivity contribution >= 4 is 11.3 Å². The zero-order valence-electron chi connectivity index (χ0n) is 11.0. The van der Waals surface area contributed by atoms with Crippen LogP contribution in [0, 0.1) is 17.1 Å². The molecule has 2 rings (SSSR count). The Morgan fingerprint density at radius 2 is 2.25 bits per heavy atom. The van der Waals surface area contributed by atoms with E-state index >= 15 is 0 Å². The Bertz CT molecular complexity index is 607. The van der Waals surface area contributed by atoms with E-state index in [4.69, 9.17) is 15.7 Å². The Kier molecular flexibility index (Phi) is 4.72. The first-order chi connectivity index (χ1) is 9.65. The van der Waals surface area contributed by atoms with E-state index < -0.39 is 11.9 Å². The van der Waals surface area contributed by atoms with Gasteiger partial charge in [-0.3, -0.25) is 0 Å². The summed E-state index contributed by atoms with van der Waals surface area (Å²) in [7, 11) is 0. The Hall–Kier alpha value is -1.90. The summed E-state index contributed by atoms with van der Waals surface area (Å²) in [6, 6.07) is 7.75. The Labute approximate surface area is 121 Å². The number of thiophene rings is 1. The van der Waals surface area contributed by atoms with Gasteiger partial charge in [0.25, 0.3) is 0 Å². The second-order valence-corrected chi connectivity index (χ2v) is 5.20. The fourth-order valence-electron chi connectivity index (χ4n) is 1.86. The van der Waals surface area contributed by atoms with Gasteiger partial charge in [0.2, 0.25) is 0 Å². The number of halogens is 1. The maximum absolute atomic E-state index is 13.9. The molecule has 0 amide bonds. The molecule has 104 valence electrons. The van der Waals surface area contributed by atoms with Gasteiger partial charge in [-0.1, -0.05) is 6.92 Å². The van der Waals surface area contributed by atoms with Gasteiger partial charge in [0.1, 0.15) is 6.10 Å². The van der Waals surface area contributed by atoms with Crippen LogP contribution in [0.1, 0.15) is 30.6 Å². The summed E-state index contributed by atoms with van der Waals surface area (Å²) < 4.78 is 19.6. The van der Waals surface area contributed by atoms with Crippen LogP contribution in [0.2, 0.25) is 0 Å². The van der Waals surface area contributed by atoms with E-state index in [9.17, 15) is 4.39 Å². The van der Waals surface area contributed by atoms with Gasteiger partial charge in [-0.15, -0.1) is 0 Å². The Balaban J connectivity index is 2.27. The summed E-state index contributed by atoms with van der Waals surface area (Å²) in [4.78, 5) is 0. The average molecular weight is 290 g/mol. The molecule has 2 N–H and O–H groups in total. The van der Waals surface area contributed by atoms with Crippen molar-refractivity contribution in [1.82, 2.24) is 0 Å². The molecular weight excluding hydrogens is 275 g/mol. The largest absolute Gasteiger partial charge is 0.481 e. The summed E-state index contributed by atoms with van der Waals surface area (Å²) >= 11 is 1.54. The van der Waals surface area contributed by atoms with Gasteiger partial charge in [-0.2, -0.15) is 16.6 Å². The van der Waals surface area contributed by atoms with E-state index in [1.54, 1.807) is 11.3 Å². The molecule has 0 radical (unpaired) electrons. The Morgan fingerprint density at radius 3 is 2.80 bits per heavy atom. The average Bonchev–Trinajstić information content (AvgIpc) is 2.99. The minimum absolute atomic E-state index is 0.115. The number of nitrogens with zero attached hydrogens (tertiary/aromatic N) is 1. The lowest BCUT2D eigenvalue weighted by molar-refractivity contribution is 0.164. The normalized spacial score (nSPS) is 13.5. The van der Waals surface area contributed by atoms with Crippen LogP contribution in [0.3, 0.4) is 0 Å². The molecule has 0 bridgehead atoms. The molecule has 2 aromatic rings. The molecule has 2 unspecified atom stereocenters. The lowest BCUT2D eigenvalue weighted by Gasteiger charge is -2.24. The smallest absolute Gasteiger partial charge is 0.166 e. The van der Waals surface area contributed by atoms with E-state index in [0.717, 1.165) is 18.1 Å². The fraction of sp³-hybridized carbons (Fsp3) is 0.267. The molecule has 0 spiro atoms. The lowest BCUT2D eigenvalue weighted by atomic mass is 10.0. The minimum Gasteiger partial charge on any atom is -0.481 e. The van der Waals surface area contributed by atoms with Gasteiger partial charge < -0.3 is 10.5 Å². The highest BCUT2D eigenvalue weighted by Gasteiger charge is 2.22. The summed E-state index contributed by atoms with van der Waals surface area (Å²) in [6.07, 6.45) is 0.326. The quantitative estimate of drug-likeness (QED) is 0.915. The second kappa shape index (κ2) is 6.51. The topological polar surface area (TPSA) is 59.0 Å². The van der Waals surface area contributed by atoms with E-state index in [-0.39, 0.29) is 17.4 Å². The van der Waals surface area contributed by atoms with Gasteiger partial charge in [0.05, 0.1) is 11.6 Å². The molecule has 0 saturated carbocycles. The van der Waals surface area contributed by atoms with Crippen molar-refractivity contribution in [1.29, 1.82) is 5.26 Å². The van der Waals surface area contributed by atoms with Crippen LogP contribution < -0.4 is 10.5 Å². The maximum atomic E-state index is 13.9. The van der Waals surface area contributed by atoms with Crippen LogP contribution in [0.5, 0.6) is 5.75 Å². The van der Waals surface area contributed by atoms with E-state index in [1.807, 2.05) is 29.8 Å². The van der Waals surface area contributed by atoms with Crippen LogP contribution in [0.4, 0.5) is 4.39 Å². The molecule has 0 aliphatic rings. The summed E-state index contributed by atoms with van der Waals surface area (Å²) in [5.41, 5.74) is 7.27. The number of hydrogen-bond acceptors (Lipinski definition) is 4. The number of benzene rings is 1. The first kappa shape index (κ1) is 14.5. The second-order valence-electron chi connectivity index (χ2n) is 4.42. The van der Waals surface area contributed by atoms with Gasteiger partial charge in [0, 0.05) is 11.6 Å². The SMILES string of the molecule is CCC(N)C(Oc1ccc(C#N)cc1F)c1ccsc1. The van der Waals surface area contributed by atoms with Crippen LogP contribution >= 0.6 is 11.3 Å². The summed E-state index contributed by atoms with van der Waals surface area (Å²) in [5.74, 6) is -0.434. The first-order valence-electron chi connectivity index (χ1n) is 6.29. The van der Waals surface area contributed by atoms with Crippen molar-refractivity contribution in [2.75, 3.05) is 0 Å². The molecule has 5 heteroatoms. The lowest BCUT2D eigenvalue weighted by Crippen LogP contribution is -2.31. The van der Waals surface area contributed by atoms with Crippen molar-refractivity contribution in [3.8, 4) is 11.8 Å². The number of ether oxygens (including phenoxy) is 1. The van der Waals surface area contributed by atoms with Crippen molar-refractivity contribution in [3.05, 3.63) is 52.0 Å². The van der Waals surface area contributed by atoms with E-state index in [2.05, 4.69) is 0 Å². The number of nitriles is 1. The van der Waals surface area contributed by atoms with Crippen LogP contribution in [0.25, 0.3) is 0 Å². The highest BCUT2D eigenvalue weighted by Crippen LogP contribution is 2.29. The highest BCUT2D eigenvalue weighted by atomic mass is 32.1. The molecule has 0 aliphatic carbocycles. The number of nitrogens with two attached hydrogens (primary N) is 1. The number of hydrogen-bond donors (Lipinski definition) is 1. The van der Waals surface area contributed by atoms with Crippen molar-refractivity contribution in [3.63, 3.8) is 0 Å². The van der Waals surface area contributed by atoms with Gasteiger partial charge in [0.15, 0.2) is 11.6 Å². The standard InChI is InChI=1S/C15H15FN2OS/c1-2-13(18)15(11-5-6-20-9-11)19-14-4-3-10(8-17)7-12(14)16/h3-7,9,13,15H,2,18H2,1H3. The zero-order valence-corrected chi connectivity index (χ0v) is 11.9. The molecule has 0 saturated heterocycles. The van der Waals surface area contributed by atoms with E-state index in [1.165, 1.54) is 12.1 Å². The van der Waals surface area contributed by atoms with Crippen LogP contribution in [-0.4, -0.2) is 6.04 Å². The summed E-state index contributed by atoms with van der Waals surface area (Å²) in [5, 5.41) is 12.6. The van der Waals surface area contributed by atoms with Crippen molar-refractivity contribution < 1.29 is 9.13 Å². The molecular formula is C15H15FN2OS. The van der Waals surface area contributed by atoms with Gasteiger partial charge in [-0.05, 0) is 41.4 Å². The molecule has 3 nitrogen and oxygen atoms in total. The summed E-state index contributed by atoms with van der Waals surface area (Å²) in [6.45, 7) is 1.96. The third-order valence-corrected chi connectivity index (χ3v) is 3.75. The van der Waals surface area contributed by atoms with Crippen molar-refractivity contribution in [2.24, 2.45) is 5.73 Å².